The highest BCUT2D eigenvalue weighted by Crippen LogP contribution is 2.06. The van der Waals surface area contributed by atoms with E-state index in [4.69, 9.17) is 37.6 Å². The van der Waals surface area contributed by atoms with Gasteiger partial charge in [-0.3, -0.25) is 28.8 Å². The standard InChI is InChI=1S/C10H13NO2.C6H11NO2.C6H13NO2.C5H10N2O3.C2H5NO2/c1-11-9(10(12)13)7-8-5-3-2-4-6-8;1-9-6(8)5-3-2-4-7-5;1-3-4(2)5(7)6(8)9;6-3(5(9)10)1-2-4(7)8;3-1-2(4)5/h2-6,9,11H,7H2,1H3,(H,12,13);5,7H,2-4H2,1H3;4-5H,3,7H2,1-2H3,(H,8,9);3H,1-2,6H2,(H2,7,8)(H,9,10);1,3H2,(H,4,5)/t;5-;;;/m.0.../s1. The number of primary amides is 1. The average Bonchev–Trinajstić information content (AvgIpc) is 3.58. The summed E-state index contributed by atoms with van der Waals surface area (Å²) in [4.78, 5) is 61.0. The van der Waals surface area contributed by atoms with Crippen molar-refractivity contribution >= 4 is 35.8 Å². The highest BCUT2D eigenvalue weighted by Gasteiger charge is 2.22. The zero-order chi connectivity index (χ0) is 36.2. The van der Waals surface area contributed by atoms with Crippen molar-refractivity contribution in [3.8, 4) is 0 Å². The van der Waals surface area contributed by atoms with Crippen LogP contribution in [-0.4, -0.2) is 108 Å². The van der Waals surface area contributed by atoms with Crippen LogP contribution in [0.25, 0.3) is 0 Å². The van der Waals surface area contributed by atoms with Crippen LogP contribution in [-0.2, 0) is 39.9 Å². The van der Waals surface area contributed by atoms with Crippen molar-refractivity contribution in [2.75, 3.05) is 27.2 Å². The molecule has 5 atom stereocenters. The molecule has 1 aliphatic heterocycles. The van der Waals surface area contributed by atoms with E-state index in [1.807, 2.05) is 44.2 Å². The highest BCUT2D eigenvalue weighted by atomic mass is 16.5. The molecule has 0 aromatic heterocycles. The number of hydrogen-bond donors (Lipinski definition) is 10. The van der Waals surface area contributed by atoms with Crippen molar-refractivity contribution in [2.24, 2.45) is 28.9 Å². The lowest BCUT2D eigenvalue weighted by molar-refractivity contribution is -0.143. The summed E-state index contributed by atoms with van der Waals surface area (Å²) in [5, 5.41) is 38.7. The molecule has 1 heterocycles. The Morgan fingerprint density at radius 3 is 1.85 bits per heavy atom. The van der Waals surface area contributed by atoms with Gasteiger partial charge in [-0.05, 0) is 50.8 Å². The zero-order valence-corrected chi connectivity index (χ0v) is 26.9. The number of carboxylic acid groups (broad SMARTS) is 4. The Morgan fingerprint density at radius 2 is 1.54 bits per heavy atom. The number of hydrogen-bond acceptors (Lipinski definition) is 12. The van der Waals surface area contributed by atoms with Crippen molar-refractivity contribution in [1.29, 1.82) is 0 Å². The van der Waals surface area contributed by atoms with Crippen molar-refractivity contribution in [3.63, 3.8) is 0 Å². The number of amides is 1. The van der Waals surface area contributed by atoms with Crippen molar-refractivity contribution in [1.82, 2.24) is 10.6 Å². The van der Waals surface area contributed by atoms with E-state index in [1.165, 1.54) is 7.11 Å². The molecule has 0 bridgehead atoms. The minimum atomic E-state index is -1.11. The second-order valence-electron chi connectivity index (χ2n) is 9.84. The van der Waals surface area contributed by atoms with Gasteiger partial charge in [-0.2, -0.15) is 0 Å². The molecule has 1 aliphatic rings. The molecule has 0 saturated carbocycles. The molecule has 0 aliphatic carbocycles. The molecular formula is C29H52N6O11. The zero-order valence-electron chi connectivity index (χ0n) is 26.9. The quantitative estimate of drug-likeness (QED) is 0.113. The van der Waals surface area contributed by atoms with Crippen LogP contribution in [0.2, 0.25) is 0 Å². The van der Waals surface area contributed by atoms with Gasteiger partial charge in [0.15, 0.2) is 0 Å². The minimum Gasteiger partial charge on any atom is -0.480 e. The number of likely N-dealkylation sites (N-methyl/N-ethyl adjacent to an activating group) is 1. The van der Waals surface area contributed by atoms with E-state index in [9.17, 15) is 28.8 Å². The molecule has 1 fully saturated rings. The Balaban J connectivity index is -0.000000516. The van der Waals surface area contributed by atoms with Crippen molar-refractivity contribution < 1.29 is 53.9 Å². The summed E-state index contributed by atoms with van der Waals surface area (Å²) in [5.74, 6) is -4.39. The van der Waals surface area contributed by atoms with Gasteiger partial charge >= 0.3 is 29.8 Å². The number of esters is 1. The number of methoxy groups -OCH3 is 1. The van der Waals surface area contributed by atoms with E-state index in [0.29, 0.717) is 6.42 Å². The molecule has 1 aromatic carbocycles. The van der Waals surface area contributed by atoms with Crippen LogP contribution in [0.1, 0.15) is 51.5 Å². The van der Waals surface area contributed by atoms with Gasteiger partial charge in [0.05, 0.1) is 13.7 Å². The number of rotatable bonds is 13. The second-order valence-corrected chi connectivity index (χ2v) is 9.84. The molecule has 264 valence electrons. The molecule has 4 unspecified atom stereocenters. The molecule has 46 heavy (non-hydrogen) atoms. The number of carbonyl (C=O) groups is 6. The molecule has 0 spiro atoms. The first-order valence-electron chi connectivity index (χ1n) is 14.4. The number of aliphatic carboxylic acids is 4. The van der Waals surface area contributed by atoms with Crippen molar-refractivity contribution in [2.45, 2.75) is 76.5 Å². The maximum absolute atomic E-state index is 10.7. The van der Waals surface area contributed by atoms with Gasteiger partial charge in [-0.15, -0.1) is 0 Å². The third-order valence-electron chi connectivity index (χ3n) is 6.21. The van der Waals surface area contributed by atoms with Gasteiger partial charge < -0.3 is 58.7 Å². The SMILES string of the molecule is CCC(C)C(N)C(=O)O.CNC(Cc1ccccc1)C(=O)O.COC(=O)[C@@H]1CCCN1.NC(=O)CCC(N)C(=O)O.NCC(=O)O. The normalized spacial score (nSPS) is 15.4. The molecule has 1 aromatic rings. The molecule has 1 amide bonds. The van der Waals surface area contributed by atoms with Crippen LogP contribution in [0.3, 0.4) is 0 Å². The first kappa shape index (κ1) is 46.3. The van der Waals surface area contributed by atoms with Gasteiger partial charge in [0.1, 0.15) is 24.2 Å². The Hall–Kier alpha value is -4.16. The van der Waals surface area contributed by atoms with Gasteiger partial charge in [0.2, 0.25) is 5.91 Å². The molecule has 17 nitrogen and oxygen atoms in total. The minimum absolute atomic E-state index is 0.0213. The van der Waals surface area contributed by atoms with E-state index in [2.05, 4.69) is 21.1 Å². The summed E-state index contributed by atoms with van der Waals surface area (Å²) in [6, 6.07) is 7.37. The maximum Gasteiger partial charge on any atom is 0.322 e. The predicted octanol–water partition coefficient (Wildman–Crippen LogP) is -1.05. The molecule has 1 saturated heterocycles. The van der Waals surface area contributed by atoms with E-state index in [0.717, 1.165) is 31.4 Å². The van der Waals surface area contributed by atoms with Gasteiger partial charge in [0, 0.05) is 6.42 Å². The van der Waals surface area contributed by atoms with Crippen LogP contribution >= 0.6 is 0 Å². The van der Waals surface area contributed by atoms with Crippen molar-refractivity contribution in [3.05, 3.63) is 35.9 Å². The lowest BCUT2D eigenvalue weighted by Gasteiger charge is -2.11. The van der Waals surface area contributed by atoms with E-state index >= 15 is 0 Å². The summed E-state index contributed by atoms with van der Waals surface area (Å²) < 4.78 is 4.53. The summed E-state index contributed by atoms with van der Waals surface area (Å²) in [6.45, 7) is 4.42. The highest BCUT2D eigenvalue weighted by molar-refractivity contribution is 5.77. The van der Waals surface area contributed by atoms with Crippen LogP contribution in [0, 0.1) is 5.92 Å². The fraction of sp³-hybridized carbons (Fsp3) is 0.586. The van der Waals surface area contributed by atoms with E-state index in [-0.39, 0.29) is 37.3 Å². The van der Waals surface area contributed by atoms with Gasteiger partial charge in [-0.1, -0.05) is 50.6 Å². The number of nitrogens with one attached hydrogen (secondary N) is 2. The largest absolute Gasteiger partial charge is 0.480 e. The van der Waals surface area contributed by atoms with Gasteiger partial charge in [0.25, 0.3) is 0 Å². The summed E-state index contributed by atoms with van der Waals surface area (Å²) >= 11 is 0. The molecular weight excluding hydrogens is 608 g/mol. The van der Waals surface area contributed by atoms with Gasteiger partial charge in [-0.25, -0.2) is 0 Å². The lowest BCUT2D eigenvalue weighted by atomic mass is 10.0. The Labute approximate surface area is 269 Å². The molecule has 0 radical (unpaired) electrons. The van der Waals surface area contributed by atoms with E-state index < -0.39 is 47.9 Å². The first-order chi connectivity index (χ1) is 21.5. The average molecular weight is 661 g/mol. The number of benzene rings is 1. The third-order valence-corrected chi connectivity index (χ3v) is 6.21. The number of nitrogens with two attached hydrogens (primary N) is 4. The van der Waals surface area contributed by atoms with Crippen LogP contribution in [0.15, 0.2) is 30.3 Å². The molecule has 14 N–H and O–H groups in total. The third kappa shape index (κ3) is 26.3. The maximum atomic E-state index is 10.7. The Kier molecular flexibility index (Phi) is 28.5. The van der Waals surface area contributed by atoms with Crippen LogP contribution in [0.4, 0.5) is 0 Å². The second kappa shape index (κ2) is 28.3. The smallest absolute Gasteiger partial charge is 0.322 e. The van der Waals surface area contributed by atoms with Crippen LogP contribution in [0.5, 0.6) is 0 Å². The fourth-order valence-corrected chi connectivity index (χ4v) is 3.11. The Bertz CT molecular complexity index is 1020. The number of ether oxygens (including phenoxy) is 1. The monoisotopic (exact) mass is 660 g/mol. The summed E-state index contributed by atoms with van der Waals surface area (Å²) in [6.07, 6.45) is 3.46. The Morgan fingerprint density at radius 1 is 1.00 bits per heavy atom. The molecule has 17 heteroatoms. The van der Waals surface area contributed by atoms with Crippen LogP contribution < -0.4 is 33.6 Å². The van der Waals surface area contributed by atoms with E-state index in [1.54, 1.807) is 7.05 Å². The summed E-state index contributed by atoms with van der Waals surface area (Å²) in [5.41, 5.74) is 20.7. The number of carbonyl (C=O) groups excluding carboxylic acids is 2. The predicted molar refractivity (Wildman–Crippen MR) is 169 cm³/mol. The summed E-state index contributed by atoms with van der Waals surface area (Å²) in [7, 11) is 3.07. The topological polar surface area (TPSA) is 321 Å². The fourth-order valence-electron chi connectivity index (χ4n) is 3.11. The lowest BCUT2D eigenvalue weighted by Crippen LogP contribution is -2.36. The number of carboxylic acids is 4. The first-order valence-corrected chi connectivity index (χ1v) is 14.4. The molecule has 2 rings (SSSR count).